The van der Waals surface area contributed by atoms with E-state index in [1.54, 1.807) is 12.1 Å². The van der Waals surface area contributed by atoms with Crippen molar-refractivity contribution in [1.29, 1.82) is 0 Å². The lowest BCUT2D eigenvalue weighted by atomic mass is 10.3. The summed E-state index contributed by atoms with van der Waals surface area (Å²) in [7, 11) is 0. The number of ketones is 1. The molecule has 0 aliphatic heterocycles. The number of non-ortho nitro benzene ring substituents is 1. The van der Waals surface area contributed by atoms with Crippen molar-refractivity contribution in [3.05, 3.63) is 58.6 Å². The number of para-hydroxylation sites is 1. The van der Waals surface area contributed by atoms with Crippen molar-refractivity contribution in [2.75, 3.05) is 0 Å². The topological polar surface area (TPSA) is 137 Å². The summed E-state index contributed by atoms with van der Waals surface area (Å²) in [6.07, 6.45) is 0. The number of nitro groups is 1. The Bertz CT molecular complexity index is 920. The number of fused-ring (bicyclic) bond motifs is 1. The number of benzene rings is 2. The lowest BCUT2D eigenvalue weighted by molar-refractivity contribution is -0.384. The molecular formula is C22H36N4O6. The highest BCUT2D eigenvalue weighted by atomic mass is 16.6. The first kappa shape index (κ1) is 35.6. The highest BCUT2D eigenvalue weighted by Gasteiger charge is 2.04. The van der Waals surface area contributed by atoms with Crippen LogP contribution in [0, 0.1) is 10.1 Å². The van der Waals surface area contributed by atoms with E-state index in [9.17, 15) is 19.7 Å². The minimum atomic E-state index is -0.516. The molecule has 1 N–H and O–H groups in total. The number of hydrogen-bond acceptors (Lipinski definition) is 8. The maximum absolute atomic E-state index is 10.5. The second-order valence-electron chi connectivity index (χ2n) is 5.22. The van der Waals surface area contributed by atoms with Crippen LogP contribution in [0.3, 0.4) is 0 Å². The molecule has 0 unspecified atom stereocenters. The van der Waals surface area contributed by atoms with Crippen molar-refractivity contribution in [2.24, 2.45) is 0 Å². The molecule has 0 radical (unpaired) electrons. The van der Waals surface area contributed by atoms with Crippen LogP contribution in [0.15, 0.2) is 48.5 Å². The molecule has 10 heteroatoms. The number of aromatic nitrogens is 3. The molecule has 0 amide bonds. The highest BCUT2D eigenvalue weighted by molar-refractivity contribution is 5.73. The fraction of sp³-hybridized carbons (Fsp3) is 0.364. The maximum Gasteiger partial charge on any atom is 0.308 e. The van der Waals surface area contributed by atoms with Crippen molar-refractivity contribution in [1.82, 2.24) is 15.2 Å². The van der Waals surface area contributed by atoms with E-state index in [1.807, 2.05) is 26.0 Å². The molecule has 180 valence electrons. The molecule has 0 spiro atoms. The quantitative estimate of drug-likeness (QED) is 0.171. The lowest BCUT2D eigenvalue weighted by Gasteiger charge is -1.98. The van der Waals surface area contributed by atoms with Crippen LogP contribution in [0.5, 0.6) is 5.75 Å². The number of carbonyl (C=O) groups is 2. The third kappa shape index (κ3) is 14.2. The minimum Gasteiger partial charge on any atom is -0.427 e. The van der Waals surface area contributed by atoms with Crippen LogP contribution < -0.4 is 4.74 Å². The molecule has 0 bridgehead atoms. The van der Waals surface area contributed by atoms with Crippen LogP contribution in [-0.4, -0.2) is 37.0 Å². The van der Waals surface area contributed by atoms with Crippen LogP contribution >= 0.6 is 0 Å². The Labute approximate surface area is 189 Å². The Kier molecular flexibility index (Phi) is 21.3. The van der Waals surface area contributed by atoms with Crippen molar-refractivity contribution in [2.45, 2.75) is 56.9 Å². The fourth-order valence-corrected chi connectivity index (χ4v) is 1.66. The predicted molar refractivity (Wildman–Crippen MR) is 127 cm³/mol. The molecule has 0 aliphatic rings. The number of hydrogen-bond donors (Lipinski definition) is 1. The van der Waals surface area contributed by atoms with Gasteiger partial charge in [0.25, 0.3) is 5.69 Å². The van der Waals surface area contributed by atoms with Crippen LogP contribution in [0.2, 0.25) is 0 Å². The number of Topliss-reactive ketones (excluding diaryl/α,β-unsaturated/α-hetero) is 1. The molecule has 32 heavy (non-hydrogen) atoms. The van der Waals surface area contributed by atoms with Gasteiger partial charge in [0.15, 0.2) is 0 Å². The summed E-state index contributed by atoms with van der Waals surface area (Å²) in [5.74, 6) is 0.0203. The number of nitro benzene ring substituents is 1. The SMILES string of the molecule is C.C.C.CC.CC(=O)Oc1ccc([N+](=O)[O-])cc1.CC(C)=O.On1nnc2ccccc21. The molecular weight excluding hydrogens is 416 g/mol. The zero-order valence-corrected chi connectivity index (χ0v) is 16.9. The Morgan fingerprint density at radius 3 is 1.84 bits per heavy atom. The van der Waals surface area contributed by atoms with Gasteiger partial charge in [0.2, 0.25) is 0 Å². The van der Waals surface area contributed by atoms with E-state index in [0.29, 0.717) is 16.8 Å². The van der Waals surface area contributed by atoms with Crippen molar-refractivity contribution < 1.29 is 24.5 Å². The maximum atomic E-state index is 10.5. The molecule has 0 saturated carbocycles. The molecule has 0 atom stereocenters. The molecule has 10 nitrogen and oxygen atoms in total. The van der Waals surface area contributed by atoms with Gasteiger partial charge in [-0.25, -0.2) is 0 Å². The largest absolute Gasteiger partial charge is 0.427 e. The number of rotatable bonds is 2. The van der Waals surface area contributed by atoms with Crippen LogP contribution in [-0.2, 0) is 9.59 Å². The Morgan fingerprint density at radius 2 is 1.44 bits per heavy atom. The molecule has 0 aliphatic carbocycles. The van der Waals surface area contributed by atoms with E-state index in [0.717, 1.165) is 4.85 Å². The molecule has 0 saturated heterocycles. The Hall–Kier alpha value is -3.82. The van der Waals surface area contributed by atoms with Crippen molar-refractivity contribution in [3.63, 3.8) is 0 Å². The summed E-state index contributed by atoms with van der Waals surface area (Å²) in [5.41, 5.74) is 1.29. The van der Waals surface area contributed by atoms with Crippen LogP contribution in [0.1, 0.15) is 56.9 Å². The number of carbonyl (C=O) groups excluding carboxylic acids is 2. The van der Waals surface area contributed by atoms with E-state index >= 15 is 0 Å². The lowest BCUT2D eigenvalue weighted by Crippen LogP contribution is -2.01. The molecule has 3 rings (SSSR count). The third-order valence-electron chi connectivity index (χ3n) is 2.64. The fourth-order valence-electron chi connectivity index (χ4n) is 1.66. The van der Waals surface area contributed by atoms with Gasteiger partial charge in [-0.15, -0.1) is 5.10 Å². The average Bonchev–Trinajstić information content (AvgIpc) is 3.05. The first-order valence-electron chi connectivity index (χ1n) is 8.60. The van der Waals surface area contributed by atoms with Crippen LogP contribution in [0.4, 0.5) is 5.69 Å². The summed E-state index contributed by atoms with van der Waals surface area (Å²) in [5, 5.41) is 26.3. The van der Waals surface area contributed by atoms with E-state index in [2.05, 4.69) is 15.0 Å². The van der Waals surface area contributed by atoms with E-state index in [1.165, 1.54) is 45.0 Å². The van der Waals surface area contributed by atoms with E-state index in [-0.39, 0.29) is 33.8 Å². The zero-order chi connectivity index (χ0) is 22.4. The second kappa shape index (κ2) is 19.2. The van der Waals surface area contributed by atoms with Gasteiger partial charge >= 0.3 is 5.97 Å². The second-order valence-corrected chi connectivity index (χ2v) is 5.22. The first-order chi connectivity index (χ1) is 13.7. The van der Waals surface area contributed by atoms with Gasteiger partial charge in [0.05, 0.1) is 4.92 Å². The highest BCUT2D eigenvalue weighted by Crippen LogP contribution is 2.17. The van der Waals surface area contributed by atoms with Gasteiger partial charge < -0.3 is 14.7 Å². The van der Waals surface area contributed by atoms with E-state index in [4.69, 9.17) is 5.21 Å². The standard InChI is InChI=1S/C8H7NO4.C6H5N3O.C3H6O.C2H6.3CH4/c1-6(10)13-8-4-2-7(3-5-8)9(11)12;10-9-6-4-2-1-3-5(6)7-8-9;1-3(2)4;1-2;;;/h2-5H,1H3;1-4,10H;1-2H3;1-2H3;3*1H4. The smallest absolute Gasteiger partial charge is 0.308 e. The summed E-state index contributed by atoms with van der Waals surface area (Å²) < 4.78 is 4.69. The number of esters is 1. The normalized spacial score (nSPS) is 8.03. The van der Waals surface area contributed by atoms with Gasteiger partial charge in [-0.2, -0.15) is 0 Å². The summed E-state index contributed by atoms with van der Waals surface area (Å²) in [6.45, 7) is 8.32. The van der Waals surface area contributed by atoms with Gasteiger partial charge in [-0.1, -0.05) is 53.1 Å². The zero-order valence-electron chi connectivity index (χ0n) is 16.9. The molecule has 2 aromatic carbocycles. The predicted octanol–water partition coefficient (Wildman–Crippen LogP) is 5.72. The summed E-state index contributed by atoms with van der Waals surface area (Å²) >= 11 is 0. The van der Waals surface area contributed by atoms with Gasteiger partial charge in [-0.05, 0) is 43.3 Å². The van der Waals surface area contributed by atoms with E-state index < -0.39 is 10.9 Å². The van der Waals surface area contributed by atoms with Gasteiger partial charge in [0.1, 0.15) is 22.6 Å². The van der Waals surface area contributed by atoms with Gasteiger partial charge in [0, 0.05) is 19.1 Å². The van der Waals surface area contributed by atoms with Crippen LogP contribution in [0.25, 0.3) is 11.0 Å². The monoisotopic (exact) mass is 452 g/mol. The van der Waals surface area contributed by atoms with Crippen molar-refractivity contribution >= 4 is 28.5 Å². The summed E-state index contributed by atoms with van der Waals surface area (Å²) in [6, 6.07) is 12.5. The molecule has 1 heterocycles. The Morgan fingerprint density at radius 1 is 0.969 bits per heavy atom. The molecule has 3 aromatic rings. The Balaban J connectivity index is -0.000000185. The van der Waals surface area contributed by atoms with Crippen molar-refractivity contribution in [3.8, 4) is 5.75 Å². The van der Waals surface area contributed by atoms with Gasteiger partial charge in [-0.3, -0.25) is 14.9 Å². The molecule has 1 aromatic heterocycles. The summed E-state index contributed by atoms with van der Waals surface area (Å²) in [4.78, 5) is 30.4. The number of ether oxygens (including phenoxy) is 1. The molecule has 0 fully saturated rings. The number of nitrogens with zero attached hydrogens (tertiary/aromatic N) is 4. The first-order valence-corrected chi connectivity index (χ1v) is 8.60. The average molecular weight is 453 g/mol. The minimum absolute atomic E-state index is 0. The third-order valence-corrected chi connectivity index (χ3v) is 2.64.